The molecule has 1 unspecified atom stereocenters. The molecule has 7 heteroatoms. The molecule has 1 aliphatic heterocycles. The zero-order chi connectivity index (χ0) is 17.8. The third-order valence-corrected chi connectivity index (χ3v) is 4.43. The van der Waals surface area contributed by atoms with Gasteiger partial charge in [0.2, 0.25) is 0 Å². The first-order valence-electron chi connectivity index (χ1n) is 8.50. The van der Waals surface area contributed by atoms with Crippen molar-refractivity contribution in [3.05, 3.63) is 42.2 Å². The molecule has 2 aromatic rings. The van der Waals surface area contributed by atoms with Gasteiger partial charge in [-0.05, 0) is 24.5 Å². The number of nitrogens with zero attached hydrogens (tertiary/aromatic N) is 3. The molecular weight excluding hydrogens is 318 g/mol. The third-order valence-electron chi connectivity index (χ3n) is 4.43. The molecule has 2 amide bonds. The second kappa shape index (κ2) is 7.38. The van der Waals surface area contributed by atoms with Gasteiger partial charge in [-0.1, -0.05) is 25.1 Å². The maximum atomic E-state index is 12.2. The summed E-state index contributed by atoms with van der Waals surface area (Å²) in [6, 6.07) is 7.47. The second-order valence-corrected chi connectivity index (χ2v) is 6.24. The molecule has 0 aliphatic carbocycles. The Balaban J connectivity index is 1.54. The lowest BCUT2D eigenvalue weighted by atomic mass is 10.1. The molecule has 1 atom stereocenters. The van der Waals surface area contributed by atoms with E-state index < -0.39 is 11.8 Å². The highest BCUT2D eigenvalue weighted by atomic mass is 16.2. The number of benzene rings is 1. The lowest BCUT2D eigenvalue weighted by molar-refractivity contribution is -0.136. The van der Waals surface area contributed by atoms with Gasteiger partial charge >= 0.3 is 11.8 Å². The summed E-state index contributed by atoms with van der Waals surface area (Å²) in [6.07, 6.45) is 5.34. The molecule has 2 N–H and O–H groups in total. The molecule has 1 fully saturated rings. The lowest BCUT2D eigenvalue weighted by Crippen LogP contribution is -2.43. The molecule has 0 spiro atoms. The molecule has 1 aliphatic rings. The molecule has 0 bridgehead atoms. The van der Waals surface area contributed by atoms with Crippen LogP contribution in [0.3, 0.4) is 0 Å². The van der Waals surface area contributed by atoms with Crippen molar-refractivity contribution in [2.24, 2.45) is 7.05 Å². The van der Waals surface area contributed by atoms with Crippen LogP contribution in [0.4, 0.5) is 11.4 Å². The van der Waals surface area contributed by atoms with E-state index in [1.807, 2.05) is 44.4 Å². The average Bonchev–Trinajstić information content (AvgIpc) is 3.24. The van der Waals surface area contributed by atoms with Crippen molar-refractivity contribution in [1.29, 1.82) is 0 Å². The van der Waals surface area contributed by atoms with Crippen LogP contribution in [0.25, 0.3) is 0 Å². The minimum absolute atomic E-state index is 0.0418. The Morgan fingerprint density at radius 1 is 1.28 bits per heavy atom. The van der Waals surface area contributed by atoms with E-state index in [9.17, 15) is 9.59 Å². The molecule has 3 rings (SSSR count). The fourth-order valence-electron chi connectivity index (χ4n) is 3.06. The highest BCUT2D eigenvalue weighted by molar-refractivity contribution is 6.39. The van der Waals surface area contributed by atoms with Crippen molar-refractivity contribution in [3.8, 4) is 0 Å². The number of hydrogen-bond acceptors (Lipinski definition) is 4. The lowest BCUT2D eigenvalue weighted by Gasteiger charge is -2.17. The van der Waals surface area contributed by atoms with Crippen molar-refractivity contribution in [2.45, 2.75) is 25.8 Å². The molecule has 1 saturated heterocycles. The van der Waals surface area contributed by atoms with Crippen LogP contribution in [0, 0.1) is 0 Å². The van der Waals surface area contributed by atoms with E-state index in [4.69, 9.17) is 0 Å². The van der Waals surface area contributed by atoms with E-state index in [0.717, 1.165) is 30.6 Å². The number of carbonyl (C=O) groups is 2. The van der Waals surface area contributed by atoms with Crippen molar-refractivity contribution in [2.75, 3.05) is 23.3 Å². The Hall–Kier alpha value is -2.83. The Morgan fingerprint density at radius 3 is 2.80 bits per heavy atom. The maximum Gasteiger partial charge on any atom is 0.313 e. The first-order valence-corrected chi connectivity index (χ1v) is 8.50. The number of nitrogens with one attached hydrogen (secondary N) is 2. The normalized spacial score (nSPS) is 16.7. The van der Waals surface area contributed by atoms with Gasteiger partial charge in [0.25, 0.3) is 0 Å². The number of hydrogen-bond donors (Lipinski definition) is 2. The molecule has 2 heterocycles. The summed E-state index contributed by atoms with van der Waals surface area (Å²) in [6.45, 7) is 3.52. The van der Waals surface area contributed by atoms with Gasteiger partial charge in [-0.2, -0.15) is 5.10 Å². The van der Waals surface area contributed by atoms with Crippen molar-refractivity contribution in [3.63, 3.8) is 0 Å². The first kappa shape index (κ1) is 17.0. The van der Waals surface area contributed by atoms with Crippen molar-refractivity contribution < 1.29 is 9.59 Å². The van der Waals surface area contributed by atoms with Gasteiger partial charge in [0, 0.05) is 38.1 Å². The number of rotatable bonds is 4. The van der Waals surface area contributed by atoms with E-state index in [0.29, 0.717) is 12.2 Å². The Bertz CT molecular complexity index is 770. The highest BCUT2D eigenvalue weighted by Crippen LogP contribution is 2.19. The van der Waals surface area contributed by atoms with Gasteiger partial charge in [-0.3, -0.25) is 14.3 Å². The van der Waals surface area contributed by atoms with E-state index in [-0.39, 0.29) is 6.04 Å². The van der Waals surface area contributed by atoms with Crippen LogP contribution in [-0.2, 0) is 23.1 Å². The third kappa shape index (κ3) is 3.99. The summed E-state index contributed by atoms with van der Waals surface area (Å²) in [5, 5.41) is 9.69. The fraction of sp³-hybridized carbons (Fsp3) is 0.389. The summed E-state index contributed by atoms with van der Waals surface area (Å²) in [5.41, 5.74) is 2.72. The molecule has 7 nitrogen and oxygen atoms in total. The predicted molar refractivity (Wildman–Crippen MR) is 96.4 cm³/mol. The second-order valence-electron chi connectivity index (χ2n) is 6.24. The van der Waals surface area contributed by atoms with Crippen LogP contribution in [-0.4, -0.2) is 40.7 Å². The van der Waals surface area contributed by atoms with Crippen molar-refractivity contribution in [1.82, 2.24) is 15.1 Å². The number of aryl methyl sites for hydroxylation is 2. The topological polar surface area (TPSA) is 79.3 Å². The number of aromatic nitrogens is 2. The number of para-hydroxylation sites is 1. The maximum absolute atomic E-state index is 12.2. The molecule has 1 aromatic heterocycles. The quantitative estimate of drug-likeness (QED) is 0.822. The standard InChI is InChI=1S/C18H23N5O2/c1-3-13-6-4-5-7-16(13)21-18(25)17(24)20-14-8-9-23(11-14)15-10-19-22(2)12-15/h4-7,10,12,14H,3,8-9,11H2,1-2H3,(H,20,24)(H,21,25). The van der Waals surface area contributed by atoms with Gasteiger partial charge in [-0.15, -0.1) is 0 Å². The SMILES string of the molecule is CCc1ccccc1NC(=O)C(=O)NC1CCN(c2cnn(C)c2)C1. The van der Waals surface area contributed by atoms with Gasteiger partial charge in [0.1, 0.15) is 0 Å². The molecule has 25 heavy (non-hydrogen) atoms. The number of amides is 2. The van der Waals surface area contributed by atoms with Gasteiger partial charge in [0.05, 0.1) is 11.9 Å². The monoisotopic (exact) mass is 341 g/mol. The van der Waals surface area contributed by atoms with Crippen molar-refractivity contribution >= 4 is 23.2 Å². The highest BCUT2D eigenvalue weighted by Gasteiger charge is 2.27. The summed E-state index contributed by atoms with van der Waals surface area (Å²) < 4.78 is 1.75. The molecule has 0 saturated carbocycles. The zero-order valence-corrected chi connectivity index (χ0v) is 14.5. The van der Waals surface area contributed by atoms with E-state index in [2.05, 4.69) is 20.6 Å². The number of anilines is 2. The summed E-state index contributed by atoms with van der Waals surface area (Å²) in [5.74, 6) is -1.22. The van der Waals surface area contributed by atoms with E-state index in [1.54, 1.807) is 10.9 Å². The molecule has 0 radical (unpaired) electrons. The molecule has 132 valence electrons. The number of carbonyl (C=O) groups excluding carboxylic acids is 2. The Labute approximate surface area is 147 Å². The molecule has 1 aromatic carbocycles. The molecular formula is C18H23N5O2. The van der Waals surface area contributed by atoms with Crippen LogP contribution in [0.5, 0.6) is 0 Å². The van der Waals surface area contributed by atoms with Crippen LogP contribution >= 0.6 is 0 Å². The van der Waals surface area contributed by atoms with Crippen LogP contribution in [0.2, 0.25) is 0 Å². The largest absolute Gasteiger partial charge is 0.367 e. The van der Waals surface area contributed by atoms with E-state index >= 15 is 0 Å². The minimum Gasteiger partial charge on any atom is -0.367 e. The summed E-state index contributed by atoms with van der Waals surface area (Å²) >= 11 is 0. The van der Waals surface area contributed by atoms with Crippen LogP contribution in [0.1, 0.15) is 18.9 Å². The Morgan fingerprint density at radius 2 is 2.08 bits per heavy atom. The Kier molecular flexibility index (Phi) is 5.02. The fourth-order valence-corrected chi connectivity index (χ4v) is 3.06. The van der Waals surface area contributed by atoms with Gasteiger partial charge in [-0.25, -0.2) is 0 Å². The zero-order valence-electron chi connectivity index (χ0n) is 14.5. The van der Waals surface area contributed by atoms with Crippen LogP contribution < -0.4 is 15.5 Å². The van der Waals surface area contributed by atoms with E-state index in [1.165, 1.54) is 0 Å². The average molecular weight is 341 g/mol. The minimum atomic E-state index is -0.624. The summed E-state index contributed by atoms with van der Waals surface area (Å²) in [4.78, 5) is 26.5. The summed E-state index contributed by atoms with van der Waals surface area (Å²) in [7, 11) is 1.87. The van der Waals surface area contributed by atoms with Gasteiger partial charge in [0.15, 0.2) is 0 Å². The first-order chi connectivity index (χ1) is 12.1. The van der Waals surface area contributed by atoms with Crippen LogP contribution in [0.15, 0.2) is 36.7 Å². The smallest absolute Gasteiger partial charge is 0.313 e. The predicted octanol–water partition coefficient (Wildman–Crippen LogP) is 1.32. The van der Waals surface area contributed by atoms with Gasteiger partial charge < -0.3 is 15.5 Å².